The van der Waals surface area contributed by atoms with Crippen LogP contribution in [0.3, 0.4) is 0 Å². The van der Waals surface area contributed by atoms with Crippen LogP contribution in [0.25, 0.3) is 0 Å². The number of furan rings is 1. The standard InChI is InChI=1S/C17H13ClFN3O3S/c1-9-11(5-6-25-9)16(24)22-17-20-10(8-26-17)7-14(23)21-13-4-2-3-12(18)15(13)19/h2-6,8H,7H2,1H3,(H,21,23)(H,20,22,24). The first-order valence-corrected chi connectivity index (χ1v) is 8.73. The Labute approximate surface area is 157 Å². The van der Waals surface area contributed by atoms with Gasteiger partial charge in [0.1, 0.15) is 5.76 Å². The van der Waals surface area contributed by atoms with E-state index in [0.29, 0.717) is 22.1 Å². The highest BCUT2D eigenvalue weighted by atomic mass is 35.5. The maximum atomic E-state index is 13.8. The quantitative estimate of drug-likeness (QED) is 0.678. The molecule has 3 rings (SSSR count). The van der Waals surface area contributed by atoms with Crippen LogP contribution in [0.1, 0.15) is 21.8 Å². The van der Waals surface area contributed by atoms with Crippen LogP contribution in [0.4, 0.5) is 15.2 Å². The zero-order valence-corrected chi connectivity index (χ0v) is 15.1. The number of hydrogen-bond acceptors (Lipinski definition) is 5. The third kappa shape index (κ3) is 4.09. The van der Waals surface area contributed by atoms with Gasteiger partial charge in [0.25, 0.3) is 5.91 Å². The highest BCUT2D eigenvalue weighted by Crippen LogP contribution is 2.23. The molecule has 0 radical (unpaired) electrons. The van der Waals surface area contributed by atoms with Gasteiger partial charge in [0.15, 0.2) is 10.9 Å². The van der Waals surface area contributed by atoms with E-state index in [0.717, 1.165) is 0 Å². The molecule has 0 saturated carbocycles. The van der Waals surface area contributed by atoms with E-state index in [1.165, 1.54) is 35.8 Å². The molecule has 134 valence electrons. The van der Waals surface area contributed by atoms with E-state index in [1.807, 2.05) is 0 Å². The van der Waals surface area contributed by atoms with Gasteiger partial charge in [-0.1, -0.05) is 17.7 Å². The van der Waals surface area contributed by atoms with Crippen molar-refractivity contribution in [2.75, 3.05) is 10.6 Å². The van der Waals surface area contributed by atoms with E-state index in [2.05, 4.69) is 15.6 Å². The lowest BCUT2D eigenvalue weighted by Crippen LogP contribution is -2.16. The number of rotatable bonds is 5. The summed E-state index contributed by atoms with van der Waals surface area (Å²) in [5.74, 6) is -0.978. The molecule has 2 heterocycles. The summed E-state index contributed by atoms with van der Waals surface area (Å²) in [5.41, 5.74) is 0.867. The summed E-state index contributed by atoms with van der Waals surface area (Å²) >= 11 is 6.86. The van der Waals surface area contributed by atoms with Gasteiger partial charge >= 0.3 is 0 Å². The van der Waals surface area contributed by atoms with Crippen LogP contribution in [0.2, 0.25) is 5.02 Å². The monoisotopic (exact) mass is 393 g/mol. The maximum absolute atomic E-state index is 13.8. The van der Waals surface area contributed by atoms with Crippen LogP contribution >= 0.6 is 22.9 Å². The molecule has 2 aromatic heterocycles. The van der Waals surface area contributed by atoms with Crippen molar-refractivity contribution in [2.45, 2.75) is 13.3 Å². The van der Waals surface area contributed by atoms with Crippen LogP contribution < -0.4 is 10.6 Å². The minimum absolute atomic E-state index is 0.00156. The summed E-state index contributed by atoms with van der Waals surface area (Å²) in [7, 11) is 0. The summed E-state index contributed by atoms with van der Waals surface area (Å²) in [6, 6.07) is 5.91. The van der Waals surface area contributed by atoms with E-state index in [1.54, 1.807) is 18.4 Å². The lowest BCUT2D eigenvalue weighted by Gasteiger charge is -2.06. The van der Waals surface area contributed by atoms with Crippen molar-refractivity contribution in [1.29, 1.82) is 0 Å². The molecule has 6 nitrogen and oxygen atoms in total. The first-order chi connectivity index (χ1) is 12.4. The Morgan fingerprint density at radius 3 is 2.85 bits per heavy atom. The summed E-state index contributed by atoms with van der Waals surface area (Å²) < 4.78 is 18.9. The van der Waals surface area contributed by atoms with Crippen molar-refractivity contribution in [2.24, 2.45) is 0 Å². The van der Waals surface area contributed by atoms with Gasteiger partial charge in [0.05, 0.1) is 34.7 Å². The number of hydrogen-bond donors (Lipinski definition) is 2. The second kappa shape index (κ2) is 7.67. The number of anilines is 2. The lowest BCUT2D eigenvalue weighted by atomic mass is 10.2. The van der Waals surface area contributed by atoms with Crippen LogP contribution in [-0.4, -0.2) is 16.8 Å². The Morgan fingerprint density at radius 1 is 1.31 bits per heavy atom. The molecule has 0 spiro atoms. The van der Waals surface area contributed by atoms with Gasteiger partial charge in [-0.05, 0) is 25.1 Å². The molecule has 0 saturated heterocycles. The fraction of sp³-hybridized carbons (Fsp3) is 0.118. The lowest BCUT2D eigenvalue weighted by molar-refractivity contribution is -0.115. The molecule has 0 bridgehead atoms. The number of thiazole rings is 1. The predicted octanol–water partition coefficient (Wildman–Crippen LogP) is 4.27. The predicted molar refractivity (Wildman–Crippen MR) is 97.3 cm³/mol. The number of halogens is 2. The summed E-state index contributed by atoms with van der Waals surface area (Å²) in [5, 5.41) is 7.02. The van der Waals surface area contributed by atoms with Gasteiger partial charge < -0.3 is 9.73 Å². The van der Waals surface area contributed by atoms with Gasteiger partial charge in [-0.2, -0.15) is 0 Å². The van der Waals surface area contributed by atoms with Crippen LogP contribution in [-0.2, 0) is 11.2 Å². The van der Waals surface area contributed by atoms with Crippen LogP contribution in [0.15, 0.2) is 40.3 Å². The molecule has 0 aliphatic carbocycles. The van der Waals surface area contributed by atoms with Crippen molar-refractivity contribution in [3.05, 3.63) is 63.8 Å². The first-order valence-electron chi connectivity index (χ1n) is 7.47. The van der Waals surface area contributed by atoms with E-state index in [-0.39, 0.29) is 23.0 Å². The van der Waals surface area contributed by atoms with Gasteiger partial charge in [-0.3, -0.25) is 14.9 Å². The SMILES string of the molecule is Cc1occc1C(=O)Nc1nc(CC(=O)Nc2cccc(Cl)c2F)cs1. The average molecular weight is 394 g/mol. The number of amides is 2. The highest BCUT2D eigenvalue weighted by Gasteiger charge is 2.15. The van der Waals surface area contributed by atoms with E-state index in [4.69, 9.17) is 16.0 Å². The Morgan fingerprint density at radius 2 is 2.12 bits per heavy atom. The normalized spacial score (nSPS) is 10.6. The summed E-state index contributed by atoms with van der Waals surface area (Å²) in [6.45, 7) is 1.68. The third-order valence-electron chi connectivity index (χ3n) is 3.44. The maximum Gasteiger partial charge on any atom is 0.260 e. The molecule has 2 amide bonds. The van der Waals surface area contributed by atoms with E-state index < -0.39 is 11.7 Å². The molecule has 26 heavy (non-hydrogen) atoms. The van der Waals surface area contributed by atoms with Crippen molar-refractivity contribution in [3.63, 3.8) is 0 Å². The fourth-order valence-corrected chi connectivity index (χ4v) is 3.07. The largest absolute Gasteiger partial charge is 0.469 e. The van der Waals surface area contributed by atoms with Gasteiger partial charge in [-0.15, -0.1) is 11.3 Å². The molecule has 0 unspecified atom stereocenters. The summed E-state index contributed by atoms with van der Waals surface area (Å²) in [6.07, 6.45) is 1.36. The minimum Gasteiger partial charge on any atom is -0.469 e. The Hall–Kier alpha value is -2.71. The fourth-order valence-electron chi connectivity index (χ4n) is 2.19. The highest BCUT2D eigenvalue weighted by molar-refractivity contribution is 7.14. The topological polar surface area (TPSA) is 84.2 Å². The first kappa shape index (κ1) is 18.1. The molecule has 0 aliphatic rings. The van der Waals surface area contributed by atoms with Crippen LogP contribution in [0, 0.1) is 12.7 Å². The number of nitrogens with one attached hydrogen (secondary N) is 2. The summed E-state index contributed by atoms with van der Waals surface area (Å²) in [4.78, 5) is 28.3. The van der Waals surface area contributed by atoms with Crippen LogP contribution in [0.5, 0.6) is 0 Å². The van der Waals surface area contributed by atoms with Crippen molar-refractivity contribution >= 4 is 45.6 Å². The Kier molecular flexibility index (Phi) is 5.34. The molecular weight excluding hydrogens is 381 g/mol. The molecule has 3 aromatic rings. The molecular formula is C17H13ClFN3O3S. The number of benzene rings is 1. The third-order valence-corrected chi connectivity index (χ3v) is 4.54. The average Bonchev–Trinajstić information content (AvgIpc) is 3.20. The number of nitrogens with zero attached hydrogens (tertiary/aromatic N) is 1. The van der Waals surface area contributed by atoms with Gasteiger partial charge in [-0.25, -0.2) is 9.37 Å². The smallest absolute Gasteiger partial charge is 0.260 e. The van der Waals surface area contributed by atoms with E-state index >= 15 is 0 Å². The molecule has 0 fully saturated rings. The molecule has 0 aliphatic heterocycles. The number of carbonyl (C=O) groups is 2. The minimum atomic E-state index is -0.691. The number of carbonyl (C=O) groups excluding carboxylic acids is 2. The van der Waals surface area contributed by atoms with Crippen molar-refractivity contribution in [3.8, 4) is 0 Å². The molecule has 9 heteroatoms. The molecule has 0 atom stereocenters. The van der Waals surface area contributed by atoms with Crippen molar-refractivity contribution in [1.82, 2.24) is 4.98 Å². The Bertz CT molecular complexity index is 970. The molecule has 1 aromatic carbocycles. The zero-order valence-electron chi connectivity index (χ0n) is 13.5. The van der Waals surface area contributed by atoms with Crippen molar-refractivity contribution < 1.29 is 18.4 Å². The number of aromatic nitrogens is 1. The Balaban J connectivity index is 1.61. The van der Waals surface area contributed by atoms with E-state index in [9.17, 15) is 14.0 Å². The second-order valence-electron chi connectivity index (χ2n) is 5.31. The second-order valence-corrected chi connectivity index (χ2v) is 6.58. The zero-order chi connectivity index (χ0) is 18.7. The molecule has 2 N–H and O–H groups in total. The number of aryl methyl sites for hydroxylation is 1. The van der Waals surface area contributed by atoms with Gasteiger partial charge in [0.2, 0.25) is 5.91 Å². The van der Waals surface area contributed by atoms with Gasteiger partial charge in [0, 0.05) is 5.38 Å².